The molecule has 8 nitrogen and oxygen atoms in total. The highest BCUT2D eigenvalue weighted by atomic mass is 32.2. The van der Waals surface area contributed by atoms with Crippen LogP contribution in [0, 0.1) is 0 Å². The van der Waals surface area contributed by atoms with Crippen molar-refractivity contribution in [3.8, 4) is 5.75 Å². The number of carbonyl (C=O) groups is 2. The predicted octanol–water partition coefficient (Wildman–Crippen LogP) is 3.10. The van der Waals surface area contributed by atoms with E-state index in [-0.39, 0.29) is 29.2 Å². The smallest absolute Gasteiger partial charge is 0.243 e. The van der Waals surface area contributed by atoms with Gasteiger partial charge in [0.1, 0.15) is 11.8 Å². The van der Waals surface area contributed by atoms with Gasteiger partial charge in [0.2, 0.25) is 21.8 Å². The van der Waals surface area contributed by atoms with E-state index in [1.165, 1.54) is 22.2 Å². The van der Waals surface area contributed by atoms with Gasteiger partial charge >= 0.3 is 0 Å². The second-order valence-electron chi connectivity index (χ2n) is 8.52. The highest BCUT2D eigenvalue weighted by Crippen LogP contribution is 2.35. The second-order valence-corrected chi connectivity index (χ2v) is 10.5. The van der Waals surface area contributed by atoms with E-state index >= 15 is 0 Å². The molecule has 0 aliphatic carbocycles. The Hall–Kier alpha value is -2.91. The molecule has 0 fully saturated rings. The van der Waals surface area contributed by atoms with Gasteiger partial charge in [-0.1, -0.05) is 26.0 Å². The Morgan fingerprint density at radius 1 is 1.12 bits per heavy atom. The molecule has 1 atom stereocenters. The zero-order valence-electron chi connectivity index (χ0n) is 20.4. The number of hydrogen-bond acceptors (Lipinski definition) is 5. The summed E-state index contributed by atoms with van der Waals surface area (Å²) in [5, 5.41) is 2.90. The maximum atomic E-state index is 13.0. The first-order chi connectivity index (χ1) is 16.1. The van der Waals surface area contributed by atoms with Gasteiger partial charge < -0.3 is 10.1 Å². The largest absolute Gasteiger partial charge is 0.491 e. The van der Waals surface area contributed by atoms with Crippen molar-refractivity contribution in [2.75, 3.05) is 18.0 Å². The van der Waals surface area contributed by atoms with Crippen LogP contribution in [-0.4, -0.2) is 49.8 Å². The molecule has 0 aromatic heterocycles. The minimum Gasteiger partial charge on any atom is -0.491 e. The molecule has 34 heavy (non-hydrogen) atoms. The van der Waals surface area contributed by atoms with Gasteiger partial charge in [-0.15, -0.1) is 0 Å². The molecule has 0 unspecified atom stereocenters. The van der Waals surface area contributed by atoms with Gasteiger partial charge in [-0.3, -0.25) is 14.5 Å². The topological polar surface area (TPSA) is 96.0 Å². The van der Waals surface area contributed by atoms with Crippen molar-refractivity contribution >= 4 is 27.5 Å². The summed E-state index contributed by atoms with van der Waals surface area (Å²) in [7, 11) is -3.64. The highest BCUT2D eigenvalue weighted by Gasteiger charge is 2.37. The van der Waals surface area contributed by atoms with E-state index in [2.05, 4.69) is 5.32 Å². The van der Waals surface area contributed by atoms with Gasteiger partial charge in [-0.25, -0.2) is 8.42 Å². The third-order valence-corrected chi connectivity index (χ3v) is 7.83. The number of ether oxygens (including phenoxy) is 1. The van der Waals surface area contributed by atoms with Crippen LogP contribution < -0.4 is 15.0 Å². The predicted molar refractivity (Wildman–Crippen MR) is 131 cm³/mol. The Morgan fingerprint density at radius 3 is 2.32 bits per heavy atom. The molecule has 0 radical (unpaired) electrons. The molecule has 2 aromatic rings. The van der Waals surface area contributed by atoms with Crippen LogP contribution >= 0.6 is 0 Å². The fraction of sp³-hybridized carbons (Fsp3) is 0.440. The summed E-state index contributed by atoms with van der Waals surface area (Å²) in [6.07, 6.45) is 0.332. The van der Waals surface area contributed by atoms with Gasteiger partial charge in [0.05, 0.1) is 11.0 Å². The van der Waals surface area contributed by atoms with Crippen LogP contribution in [0.3, 0.4) is 0 Å². The van der Waals surface area contributed by atoms with E-state index in [1.807, 2.05) is 38.1 Å². The van der Waals surface area contributed by atoms with E-state index in [4.69, 9.17) is 4.74 Å². The molecule has 0 saturated carbocycles. The van der Waals surface area contributed by atoms with Crippen LogP contribution in [-0.2, 0) is 32.6 Å². The third-order valence-electron chi connectivity index (χ3n) is 5.78. The number of anilines is 1. The molecule has 2 amide bonds. The van der Waals surface area contributed by atoms with Crippen LogP contribution in [0.5, 0.6) is 5.75 Å². The normalized spacial score (nSPS) is 15.5. The van der Waals surface area contributed by atoms with Crippen LogP contribution in [0.2, 0.25) is 0 Å². The lowest BCUT2D eigenvalue weighted by molar-refractivity contribution is -0.125. The standard InChI is InChI=1S/C25H33N3O5S/c1-6-27(7-2)34(31,32)22-12-13-23-20(14-22)15-24(28(23)18(5)29)25(30)26-16-19-8-10-21(11-9-19)33-17(3)4/h8-14,17,24H,6-7,15-16H2,1-5H3,(H,26,30)/t24-/m0/s1. The van der Waals surface area contributed by atoms with E-state index in [0.29, 0.717) is 30.9 Å². The number of sulfonamides is 1. The lowest BCUT2D eigenvalue weighted by Crippen LogP contribution is -2.47. The third kappa shape index (κ3) is 5.42. The van der Waals surface area contributed by atoms with Gasteiger partial charge in [0.25, 0.3) is 0 Å². The Bertz CT molecular complexity index is 1140. The number of amides is 2. The average molecular weight is 488 g/mol. The quantitative estimate of drug-likeness (QED) is 0.586. The number of hydrogen-bond donors (Lipinski definition) is 1. The van der Waals surface area contributed by atoms with Gasteiger partial charge in [-0.2, -0.15) is 4.31 Å². The molecular weight excluding hydrogens is 454 g/mol. The van der Waals surface area contributed by atoms with Crippen molar-refractivity contribution in [2.45, 2.75) is 64.6 Å². The zero-order chi connectivity index (χ0) is 25.0. The monoisotopic (exact) mass is 487 g/mol. The summed E-state index contributed by atoms with van der Waals surface area (Å²) in [6.45, 7) is 9.93. The number of fused-ring (bicyclic) bond motifs is 1. The molecule has 184 valence electrons. The van der Waals surface area contributed by atoms with Crippen molar-refractivity contribution in [3.63, 3.8) is 0 Å². The van der Waals surface area contributed by atoms with Crippen LogP contribution in [0.1, 0.15) is 45.7 Å². The van der Waals surface area contributed by atoms with Crippen LogP contribution in [0.4, 0.5) is 5.69 Å². The van der Waals surface area contributed by atoms with E-state index < -0.39 is 16.1 Å². The summed E-state index contributed by atoms with van der Waals surface area (Å²) >= 11 is 0. The minimum atomic E-state index is -3.64. The van der Waals surface area contributed by atoms with Gasteiger partial charge in [-0.05, 0) is 55.3 Å². The fourth-order valence-electron chi connectivity index (χ4n) is 4.16. The van der Waals surface area contributed by atoms with Crippen LogP contribution in [0.15, 0.2) is 47.4 Å². The molecule has 3 rings (SSSR count). The maximum Gasteiger partial charge on any atom is 0.243 e. The molecule has 9 heteroatoms. The lowest BCUT2D eigenvalue weighted by atomic mass is 10.1. The molecule has 1 heterocycles. The number of carbonyl (C=O) groups excluding carboxylic acids is 2. The Labute approximate surface area is 201 Å². The molecule has 2 aromatic carbocycles. The molecule has 0 bridgehead atoms. The summed E-state index contributed by atoms with van der Waals surface area (Å²) in [5.74, 6) is 0.199. The van der Waals surface area contributed by atoms with Gasteiger partial charge in [0.15, 0.2) is 0 Å². The van der Waals surface area contributed by atoms with E-state index in [9.17, 15) is 18.0 Å². The molecule has 0 spiro atoms. The van der Waals surface area contributed by atoms with Crippen molar-refractivity contribution in [1.82, 2.24) is 9.62 Å². The van der Waals surface area contributed by atoms with Crippen molar-refractivity contribution in [3.05, 3.63) is 53.6 Å². The number of benzene rings is 2. The fourth-order valence-corrected chi connectivity index (χ4v) is 5.67. The van der Waals surface area contributed by atoms with Crippen molar-refractivity contribution in [2.24, 2.45) is 0 Å². The summed E-state index contributed by atoms with van der Waals surface area (Å²) in [5.41, 5.74) is 2.14. The Kier molecular flexibility index (Phi) is 7.99. The van der Waals surface area contributed by atoms with Gasteiger partial charge in [0, 0.05) is 38.7 Å². The van der Waals surface area contributed by atoms with Crippen molar-refractivity contribution in [1.29, 1.82) is 0 Å². The molecule has 1 aliphatic heterocycles. The number of rotatable bonds is 9. The minimum absolute atomic E-state index is 0.0784. The molecular formula is C25H33N3O5S. The molecule has 0 saturated heterocycles. The first kappa shape index (κ1) is 25.7. The highest BCUT2D eigenvalue weighted by molar-refractivity contribution is 7.89. The summed E-state index contributed by atoms with van der Waals surface area (Å²) in [4.78, 5) is 27.1. The summed E-state index contributed by atoms with van der Waals surface area (Å²) in [6, 6.07) is 11.4. The maximum absolute atomic E-state index is 13.0. The van der Waals surface area contributed by atoms with Crippen LogP contribution in [0.25, 0.3) is 0 Å². The first-order valence-corrected chi connectivity index (χ1v) is 13.0. The molecule has 1 N–H and O–H groups in total. The number of nitrogens with zero attached hydrogens (tertiary/aromatic N) is 2. The lowest BCUT2D eigenvalue weighted by Gasteiger charge is -2.23. The zero-order valence-corrected chi connectivity index (χ0v) is 21.2. The van der Waals surface area contributed by atoms with E-state index in [0.717, 1.165) is 11.3 Å². The molecule has 1 aliphatic rings. The second kappa shape index (κ2) is 10.6. The SMILES string of the molecule is CCN(CC)S(=O)(=O)c1ccc2c(c1)C[C@@H](C(=O)NCc1ccc(OC(C)C)cc1)N2C(C)=O. The number of nitrogens with one attached hydrogen (secondary N) is 1. The Morgan fingerprint density at radius 2 is 1.76 bits per heavy atom. The van der Waals surface area contributed by atoms with E-state index in [1.54, 1.807) is 26.0 Å². The Balaban J connectivity index is 1.76. The first-order valence-electron chi connectivity index (χ1n) is 11.5. The van der Waals surface area contributed by atoms with Crippen molar-refractivity contribution < 1.29 is 22.7 Å². The summed E-state index contributed by atoms with van der Waals surface area (Å²) < 4.78 is 32.9. The average Bonchev–Trinajstić information content (AvgIpc) is 3.18.